The zero-order chi connectivity index (χ0) is 38.9. The van der Waals surface area contributed by atoms with Gasteiger partial charge in [0, 0.05) is 25.2 Å². The molecule has 290 valence electrons. The third-order valence-electron chi connectivity index (χ3n) is 13.2. The summed E-state index contributed by atoms with van der Waals surface area (Å²) in [6, 6.07) is 10.4. The highest BCUT2D eigenvalue weighted by molar-refractivity contribution is 6.73. The van der Waals surface area contributed by atoms with E-state index >= 15 is 4.79 Å². The van der Waals surface area contributed by atoms with Crippen molar-refractivity contribution in [3.05, 3.63) is 47.0 Å². The number of ether oxygens (including phenoxy) is 6. The van der Waals surface area contributed by atoms with Gasteiger partial charge in [-0.1, -0.05) is 59.7 Å². The molecule has 2 bridgehead atoms. The Morgan fingerprint density at radius 1 is 0.981 bits per heavy atom. The minimum atomic E-state index is -2.55. The average molecular weight is 757 g/mol. The van der Waals surface area contributed by atoms with Crippen LogP contribution < -0.4 is 0 Å². The Morgan fingerprint density at radius 2 is 1.62 bits per heavy atom. The summed E-state index contributed by atoms with van der Waals surface area (Å²) >= 11 is 0. The van der Waals surface area contributed by atoms with Gasteiger partial charge in [-0.3, -0.25) is 14.4 Å². The Labute approximate surface area is 311 Å². The first-order valence-electron chi connectivity index (χ1n) is 18.7. The number of esters is 3. The lowest BCUT2D eigenvalue weighted by molar-refractivity contribution is -0.344. The average Bonchev–Trinajstić information content (AvgIpc) is 3.50. The monoisotopic (exact) mass is 756 g/mol. The number of rotatable bonds is 10. The fraction of sp³-hybridized carbons (Fsp3) is 0.667. The second-order valence-electron chi connectivity index (χ2n) is 15.8. The summed E-state index contributed by atoms with van der Waals surface area (Å²) in [5.74, 6) is -4.08. The first-order chi connectivity index (χ1) is 24.9. The molecule has 2 heterocycles. The summed E-state index contributed by atoms with van der Waals surface area (Å²) in [5, 5.41) is 12.0. The molecule has 0 radical (unpaired) electrons. The van der Waals surface area contributed by atoms with E-state index in [4.69, 9.17) is 32.8 Å². The van der Waals surface area contributed by atoms with Crippen LogP contribution in [-0.2, 0) is 47.2 Å². The SMILES string of the molecule is CCC(=O)O[C@H]1C(=O)[C@@]2(C)C([C@H](OC(=O)c3ccccc3)[C@]34OC(=O)O[C@H]3[C@H](O)C(C)=C1C4(C)C)[C@]1(OC(C)=O)CO[C@@H]1C[C@@H]2O[Si](CC)(CC)CC. The molecule has 1 aromatic rings. The fourth-order valence-electron chi connectivity index (χ4n) is 10.1. The van der Waals surface area contributed by atoms with Crippen molar-refractivity contribution < 1.29 is 61.9 Å². The molecular weight excluding hydrogens is 705 g/mol. The molecule has 5 aliphatic rings. The molecule has 10 atom stereocenters. The van der Waals surface area contributed by atoms with Crippen molar-refractivity contribution in [1.82, 2.24) is 0 Å². The summed E-state index contributed by atoms with van der Waals surface area (Å²) in [7, 11) is -2.55. The van der Waals surface area contributed by atoms with Crippen molar-refractivity contribution >= 4 is 38.2 Å². The second-order valence-corrected chi connectivity index (χ2v) is 20.5. The lowest BCUT2D eigenvalue weighted by Gasteiger charge is -2.68. The van der Waals surface area contributed by atoms with Gasteiger partial charge in [-0.2, -0.15) is 0 Å². The first kappa shape index (κ1) is 39.1. The van der Waals surface area contributed by atoms with Crippen LogP contribution in [0.3, 0.4) is 0 Å². The summed E-state index contributed by atoms with van der Waals surface area (Å²) in [6.07, 6.45) is -9.05. The number of aliphatic hydroxyl groups excluding tert-OH is 1. The highest BCUT2D eigenvalue weighted by atomic mass is 28.4. The largest absolute Gasteiger partial charge is 0.509 e. The molecule has 4 fully saturated rings. The topological polar surface area (TPSA) is 170 Å². The van der Waals surface area contributed by atoms with Crippen molar-refractivity contribution in [2.45, 2.75) is 141 Å². The maximum Gasteiger partial charge on any atom is 0.509 e. The molecule has 1 unspecified atom stereocenters. The first-order valence-corrected chi connectivity index (χ1v) is 21.2. The van der Waals surface area contributed by atoms with Crippen LogP contribution in [0.4, 0.5) is 4.79 Å². The van der Waals surface area contributed by atoms with Crippen molar-refractivity contribution in [2.75, 3.05) is 6.61 Å². The van der Waals surface area contributed by atoms with Crippen LogP contribution in [0.1, 0.15) is 85.5 Å². The third kappa shape index (κ3) is 5.52. The number of fused-ring (bicyclic) bond motifs is 4. The van der Waals surface area contributed by atoms with Gasteiger partial charge in [0.25, 0.3) is 0 Å². The van der Waals surface area contributed by atoms with E-state index in [0.29, 0.717) is 0 Å². The molecule has 1 N–H and O–H groups in total. The lowest BCUT2D eigenvalue weighted by atomic mass is 9.44. The molecule has 13 nitrogen and oxygen atoms in total. The van der Waals surface area contributed by atoms with Crippen LogP contribution in [0.15, 0.2) is 41.5 Å². The van der Waals surface area contributed by atoms with Crippen LogP contribution in [0.2, 0.25) is 18.1 Å². The number of aliphatic hydroxyl groups is 1. The minimum Gasteiger partial charge on any atom is -0.454 e. The smallest absolute Gasteiger partial charge is 0.454 e. The summed E-state index contributed by atoms with van der Waals surface area (Å²) in [6.45, 7) is 15.5. The molecule has 2 aliphatic heterocycles. The Hall–Kier alpha value is -3.59. The van der Waals surface area contributed by atoms with Crippen molar-refractivity contribution in [3.8, 4) is 0 Å². The van der Waals surface area contributed by atoms with E-state index in [0.717, 1.165) is 18.1 Å². The molecule has 6 rings (SSSR count). The van der Waals surface area contributed by atoms with E-state index in [1.54, 1.807) is 65.0 Å². The second kappa shape index (κ2) is 13.6. The number of hydrogen-bond donors (Lipinski definition) is 1. The minimum absolute atomic E-state index is 0.0623. The molecule has 0 aromatic heterocycles. The van der Waals surface area contributed by atoms with Gasteiger partial charge in [-0.25, -0.2) is 9.59 Å². The van der Waals surface area contributed by atoms with E-state index in [-0.39, 0.29) is 36.2 Å². The predicted octanol–water partition coefficient (Wildman–Crippen LogP) is 5.23. The molecule has 2 saturated carbocycles. The highest BCUT2D eigenvalue weighted by Gasteiger charge is 2.83. The highest BCUT2D eigenvalue weighted by Crippen LogP contribution is 2.67. The molecule has 1 aromatic carbocycles. The van der Waals surface area contributed by atoms with Gasteiger partial charge >= 0.3 is 24.1 Å². The van der Waals surface area contributed by atoms with Crippen LogP contribution >= 0.6 is 0 Å². The van der Waals surface area contributed by atoms with E-state index in [1.165, 1.54) is 6.92 Å². The summed E-state index contributed by atoms with van der Waals surface area (Å²) in [5.41, 5.74) is -6.32. The Morgan fingerprint density at radius 3 is 2.17 bits per heavy atom. The van der Waals surface area contributed by atoms with Gasteiger partial charge in [0.05, 0.1) is 29.6 Å². The van der Waals surface area contributed by atoms with Crippen LogP contribution in [0.5, 0.6) is 0 Å². The molecule has 3 aliphatic carbocycles. The van der Waals surface area contributed by atoms with Crippen LogP contribution in [-0.4, -0.2) is 97.7 Å². The third-order valence-corrected chi connectivity index (χ3v) is 17.9. The standard InChI is InChI=1S/C39H52O13Si/c1-10-26(41)47-29-27-21(5)28(42)32-39(36(27,7)8,51-35(45)49-32)33(48-34(44)23-17-15-14-16-18-23)30-37(9,31(29)43)24(52-53(11-2,12-3)13-4)19-25-38(30,20-46-25)50-22(6)40/h14-18,24-25,28-30,32-33,42H,10-13,19-20H2,1-9H3/t24-,25+,28+,29+,30?,32-,33-,37+,38-,39+/m0/s1. The van der Waals surface area contributed by atoms with Gasteiger partial charge < -0.3 is 38.0 Å². The lowest BCUT2D eigenvalue weighted by Crippen LogP contribution is -2.83. The summed E-state index contributed by atoms with van der Waals surface area (Å²) < 4.78 is 44.6. The molecule has 0 amide bonds. The van der Waals surface area contributed by atoms with E-state index in [2.05, 4.69) is 20.8 Å². The van der Waals surface area contributed by atoms with Crippen molar-refractivity contribution in [2.24, 2.45) is 16.7 Å². The number of ketones is 1. The maximum absolute atomic E-state index is 15.9. The number of carbonyl (C=O) groups is 5. The van der Waals surface area contributed by atoms with Crippen molar-refractivity contribution in [3.63, 3.8) is 0 Å². The Kier molecular flexibility index (Phi) is 10.0. The van der Waals surface area contributed by atoms with Crippen molar-refractivity contribution in [1.29, 1.82) is 0 Å². The number of Topliss-reactive ketones (excluding diaryl/α,β-unsaturated/α-hetero) is 1. The Balaban J connectivity index is 1.74. The zero-order valence-corrected chi connectivity index (χ0v) is 33.0. The van der Waals surface area contributed by atoms with Gasteiger partial charge in [-0.15, -0.1) is 0 Å². The molecule has 2 saturated heterocycles. The quantitative estimate of drug-likeness (QED) is 0.143. The van der Waals surface area contributed by atoms with Crippen LogP contribution in [0.25, 0.3) is 0 Å². The molecule has 53 heavy (non-hydrogen) atoms. The Bertz CT molecular complexity index is 1690. The predicted molar refractivity (Wildman–Crippen MR) is 190 cm³/mol. The molecule has 1 spiro atoms. The number of carbonyl (C=O) groups excluding carboxylic acids is 5. The fourth-order valence-corrected chi connectivity index (χ4v) is 13.1. The van der Waals surface area contributed by atoms with E-state index < -0.39 is 103 Å². The van der Waals surface area contributed by atoms with Gasteiger partial charge in [0.2, 0.25) is 5.60 Å². The summed E-state index contributed by atoms with van der Waals surface area (Å²) in [4.78, 5) is 70.4. The molecule has 14 heteroatoms. The number of hydrogen-bond acceptors (Lipinski definition) is 13. The van der Waals surface area contributed by atoms with Gasteiger partial charge in [0.1, 0.15) is 12.2 Å². The zero-order valence-electron chi connectivity index (χ0n) is 32.0. The number of benzene rings is 1. The maximum atomic E-state index is 15.9. The van der Waals surface area contributed by atoms with Gasteiger partial charge in [0.15, 0.2) is 38.0 Å². The van der Waals surface area contributed by atoms with E-state index in [1.807, 2.05) is 0 Å². The van der Waals surface area contributed by atoms with Crippen LogP contribution in [0, 0.1) is 16.7 Å². The molecular formula is C39H52O13Si. The normalized spacial score (nSPS) is 37.0. The van der Waals surface area contributed by atoms with Gasteiger partial charge in [-0.05, 0) is 55.3 Å². The van der Waals surface area contributed by atoms with E-state index in [9.17, 15) is 24.3 Å².